The second kappa shape index (κ2) is 5.69. The highest BCUT2D eigenvalue weighted by atomic mass is 16.3. The minimum Gasteiger partial charge on any atom is -0.314 e. The third-order valence-electron chi connectivity index (χ3n) is 1.88. The Hall–Kier alpha value is -0.0800. The maximum absolute atomic E-state index is 10.0. The molecule has 61 valence electrons. The zero-order valence-corrected chi connectivity index (χ0v) is 7.18. The van der Waals surface area contributed by atoms with Gasteiger partial charge in [-0.3, -0.25) is 0 Å². The van der Waals surface area contributed by atoms with E-state index in [9.17, 15) is 5.11 Å². The van der Waals surface area contributed by atoms with Gasteiger partial charge in [-0.05, 0) is 18.4 Å². The van der Waals surface area contributed by atoms with Gasteiger partial charge >= 0.3 is 0 Å². The van der Waals surface area contributed by atoms with Crippen molar-refractivity contribution in [3.8, 4) is 0 Å². The van der Waals surface area contributed by atoms with Crippen LogP contribution in [0.15, 0.2) is 0 Å². The van der Waals surface area contributed by atoms with Crippen LogP contribution in [0.1, 0.15) is 20.8 Å². The monoisotopic (exact) mass is 144 g/mol. The van der Waals surface area contributed by atoms with E-state index in [2.05, 4.69) is 26.1 Å². The maximum atomic E-state index is 10.0. The van der Waals surface area contributed by atoms with Crippen LogP contribution in [0.25, 0.3) is 0 Å². The lowest BCUT2D eigenvalue weighted by molar-refractivity contribution is 0.191. The van der Waals surface area contributed by atoms with Crippen LogP contribution in [0.3, 0.4) is 0 Å². The van der Waals surface area contributed by atoms with Gasteiger partial charge in [-0.1, -0.05) is 20.8 Å². The Morgan fingerprint density at radius 3 is 2.30 bits per heavy atom. The van der Waals surface area contributed by atoms with Crippen LogP contribution < -0.4 is 5.32 Å². The van der Waals surface area contributed by atoms with E-state index in [1.807, 2.05) is 0 Å². The fourth-order valence-corrected chi connectivity index (χ4v) is 0.638. The van der Waals surface area contributed by atoms with Crippen LogP contribution >= 0.6 is 0 Å². The normalized spacial score (nSPS) is 14.1. The average Bonchev–Trinajstić information content (AvgIpc) is 1.88. The zero-order valence-electron chi connectivity index (χ0n) is 7.18. The Morgan fingerprint density at radius 2 is 1.90 bits per heavy atom. The molecule has 10 heavy (non-hydrogen) atoms. The van der Waals surface area contributed by atoms with Crippen LogP contribution in [0, 0.1) is 11.8 Å². The number of hydrogen-bond acceptors (Lipinski definition) is 1. The van der Waals surface area contributed by atoms with Crippen LogP contribution in [-0.4, -0.2) is 19.7 Å². The molecule has 0 fully saturated rings. The van der Waals surface area contributed by atoms with Crippen LogP contribution in [0.5, 0.6) is 0 Å². The summed E-state index contributed by atoms with van der Waals surface area (Å²) in [6, 6.07) is 0. The smallest absolute Gasteiger partial charge is 0.0946 e. The topological polar surface area (TPSA) is 31.9 Å². The summed E-state index contributed by atoms with van der Waals surface area (Å²) in [5.74, 6) is 1.38. The Morgan fingerprint density at radius 1 is 1.30 bits per heavy atom. The molecule has 0 bridgehead atoms. The summed E-state index contributed by atoms with van der Waals surface area (Å²) in [6.07, 6.45) is 0. The number of hydrogen-bond donors (Lipinski definition) is 1. The van der Waals surface area contributed by atoms with Crippen molar-refractivity contribution in [1.82, 2.24) is 5.32 Å². The van der Waals surface area contributed by atoms with Gasteiger partial charge in [0.1, 0.15) is 0 Å². The molecule has 0 amide bonds. The van der Waals surface area contributed by atoms with E-state index in [4.69, 9.17) is 0 Å². The van der Waals surface area contributed by atoms with Gasteiger partial charge in [0.2, 0.25) is 0 Å². The van der Waals surface area contributed by atoms with E-state index in [0.717, 1.165) is 6.54 Å². The van der Waals surface area contributed by atoms with E-state index >= 15 is 0 Å². The first-order valence-corrected chi connectivity index (χ1v) is 3.97. The van der Waals surface area contributed by atoms with Crippen LogP contribution in [0.2, 0.25) is 0 Å². The van der Waals surface area contributed by atoms with Crippen molar-refractivity contribution in [3.05, 3.63) is 0 Å². The van der Waals surface area contributed by atoms with Crippen LogP contribution in [-0.2, 0) is 5.11 Å². The highest BCUT2D eigenvalue weighted by Crippen LogP contribution is 2.06. The first-order valence-electron chi connectivity index (χ1n) is 3.97. The molecule has 1 unspecified atom stereocenters. The van der Waals surface area contributed by atoms with Crippen molar-refractivity contribution in [3.63, 3.8) is 0 Å². The summed E-state index contributed by atoms with van der Waals surface area (Å²) >= 11 is 0. The fourth-order valence-electron chi connectivity index (χ4n) is 0.638. The molecule has 0 aromatic rings. The van der Waals surface area contributed by atoms with Gasteiger partial charge in [0.05, 0.1) is 6.61 Å². The Bertz CT molecular complexity index is 73.7. The Balaban J connectivity index is 3.13. The van der Waals surface area contributed by atoms with Crippen LogP contribution in [0.4, 0.5) is 0 Å². The van der Waals surface area contributed by atoms with Gasteiger partial charge in [0, 0.05) is 6.54 Å². The molecular weight excluding hydrogens is 126 g/mol. The molecule has 0 heterocycles. The van der Waals surface area contributed by atoms with E-state index in [-0.39, 0.29) is 6.61 Å². The maximum Gasteiger partial charge on any atom is 0.0946 e. The van der Waals surface area contributed by atoms with E-state index < -0.39 is 0 Å². The highest BCUT2D eigenvalue weighted by molar-refractivity contribution is 4.59. The minimum absolute atomic E-state index is 0.00911. The van der Waals surface area contributed by atoms with E-state index in [1.54, 1.807) is 0 Å². The Kier molecular flexibility index (Phi) is 5.64. The van der Waals surface area contributed by atoms with Crippen molar-refractivity contribution < 1.29 is 5.11 Å². The molecule has 1 N–H and O–H groups in total. The van der Waals surface area contributed by atoms with Gasteiger partial charge in [-0.15, -0.1) is 0 Å². The quantitative estimate of drug-likeness (QED) is 0.579. The molecule has 0 saturated carbocycles. The number of nitrogens with one attached hydrogen (secondary N) is 1. The third kappa shape index (κ3) is 4.77. The van der Waals surface area contributed by atoms with E-state index in [0.29, 0.717) is 18.4 Å². The molecule has 0 aromatic carbocycles. The highest BCUT2D eigenvalue weighted by Gasteiger charge is 2.04. The minimum atomic E-state index is -0.00911. The van der Waals surface area contributed by atoms with Gasteiger partial charge in [0.15, 0.2) is 0 Å². The molecule has 1 radical (unpaired) electrons. The number of rotatable bonds is 5. The molecule has 0 aliphatic heterocycles. The standard InChI is InChI=1S/C8H18NO/c1-7(2)8(3)6-9-4-5-10/h7-9H,4-6H2,1-3H3. The first-order chi connectivity index (χ1) is 4.68. The molecular formula is C8H18NO. The molecule has 0 saturated heterocycles. The summed E-state index contributed by atoms with van der Waals surface area (Å²) < 4.78 is 0. The summed E-state index contributed by atoms with van der Waals surface area (Å²) in [5.41, 5.74) is 0. The largest absolute Gasteiger partial charge is 0.314 e. The summed E-state index contributed by atoms with van der Waals surface area (Å²) in [7, 11) is 0. The van der Waals surface area contributed by atoms with Crippen molar-refractivity contribution >= 4 is 0 Å². The molecule has 0 aliphatic rings. The molecule has 0 rings (SSSR count). The van der Waals surface area contributed by atoms with Gasteiger partial charge in [0.25, 0.3) is 0 Å². The molecule has 2 nitrogen and oxygen atoms in total. The lowest BCUT2D eigenvalue weighted by Gasteiger charge is -2.15. The fraction of sp³-hybridized carbons (Fsp3) is 1.00. The zero-order chi connectivity index (χ0) is 7.98. The molecule has 1 atom stereocenters. The first kappa shape index (κ1) is 9.92. The molecule has 2 heteroatoms. The van der Waals surface area contributed by atoms with Crippen molar-refractivity contribution in [2.24, 2.45) is 11.8 Å². The third-order valence-corrected chi connectivity index (χ3v) is 1.88. The van der Waals surface area contributed by atoms with Gasteiger partial charge in [-0.25, -0.2) is 5.11 Å². The van der Waals surface area contributed by atoms with Gasteiger partial charge in [-0.2, -0.15) is 0 Å². The second-order valence-corrected chi connectivity index (χ2v) is 3.13. The second-order valence-electron chi connectivity index (χ2n) is 3.13. The lowest BCUT2D eigenvalue weighted by atomic mass is 9.98. The van der Waals surface area contributed by atoms with Gasteiger partial charge < -0.3 is 5.32 Å². The van der Waals surface area contributed by atoms with Crippen molar-refractivity contribution in [1.29, 1.82) is 0 Å². The SMILES string of the molecule is CC(C)C(C)CNCC[O]. The predicted molar refractivity (Wildman–Crippen MR) is 42.4 cm³/mol. The Labute approximate surface area is 63.6 Å². The summed E-state index contributed by atoms with van der Waals surface area (Å²) in [4.78, 5) is 0. The van der Waals surface area contributed by atoms with E-state index in [1.165, 1.54) is 0 Å². The summed E-state index contributed by atoms with van der Waals surface area (Å²) in [6.45, 7) is 8.16. The molecule has 0 spiro atoms. The molecule has 0 aliphatic carbocycles. The summed E-state index contributed by atoms with van der Waals surface area (Å²) in [5, 5.41) is 13.1. The van der Waals surface area contributed by atoms with Crippen molar-refractivity contribution in [2.75, 3.05) is 19.7 Å². The lowest BCUT2D eigenvalue weighted by Crippen LogP contribution is -2.26. The molecule has 0 aromatic heterocycles. The predicted octanol–water partition coefficient (Wildman–Crippen LogP) is 1.30. The van der Waals surface area contributed by atoms with Crippen molar-refractivity contribution in [2.45, 2.75) is 20.8 Å². The average molecular weight is 144 g/mol.